The second kappa shape index (κ2) is 4.44. The molecule has 1 aromatic heterocycles. The van der Waals surface area contributed by atoms with Crippen LogP contribution in [0.2, 0.25) is 0 Å². The summed E-state index contributed by atoms with van der Waals surface area (Å²) in [5.74, 6) is -0.105. The summed E-state index contributed by atoms with van der Waals surface area (Å²) in [6.07, 6.45) is 1.57. The van der Waals surface area contributed by atoms with Crippen LogP contribution in [-0.4, -0.2) is 35.6 Å². The Kier molecular flexibility index (Phi) is 3.00. The standard InChI is InChI=1S/C10H14N4O2/c1-8-7-13(5-4-11-8)9-2-3-10(12-6-9)14(15)16/h2-3,6,8,11H,4-5,7H2,1H3/t8-/m0/s1. The Balaban J connectivity index is 2.11. The van der Waals surface area contributed by atoms with E-state index in [1.54, 1.807) is 12.3 Å². The lowest BCUT2D eigenvalue weighted by Crippen LogP contribution is -2.49. The molecule has 1 N–H and O–H groups in total. The Morgan fingerprint density at radius 1 is 1.62 bits per heavy atom. The Bertz CT molecular complexity index is 379. The Morgan fingerprint density at radius 2 is 2.44 bits per heavy atom. The zero-order valence-corrected chi connectivity index (χ0v) is 9.09. The molecule has 86 valence electrons. The summed E-state index contributed by atoms with van der Waals surface area (Å²) < 4.78 is 0. The number of hydrogen-bond donors (Lipinski definition) is 1. The van der Waals surface area contributed by atoms with Crippen LogP contribution in [0.1, 0.15) is 6.92 Å². The second-order valence-electron chi connectivity index (χ2n) is 3.93. The third-order valence-electron chi connectivity index (χ3n) is 2.65. The summed E-state index contributed by atoms with van der Waals surface area (Å²) >= 11 is 0. The first-order valence-corrected chi connectivity index (χ1v) is 5.25. The maximum atomic E-state index is 10.5. The van der Waals surface area contributed by atoms with Crippen molar-refractivity contribution in [2.75, 3.05) is 24.5 Å². The number of nitrogens with zero attached hydrogens (tertiary/aromatic N) is 3. The monoisotopic (exact) mass is 222 g/mol. The molecule has 0 aromatic carbocycles. The summed E-state index contributed by atoms with van der Waals surface area (Å²) in [5, 5.41) is 13.8. The molecule has 1 atom stereocenters. The molecule has 0 saturated carbocycles. The molecule has 1 saturated heterocycles. The lowest BCUT2D eigenvalue weighted by atomic mass is 10.2. The van der Waals surface area contributed by atoms with Crippen molar-refractivity contribution in [1.29, 1.82) is 0 Å². The van der Waals surface area contributed by atoms with Crippen LogP contribution >= 0.6 is 0 Å². The van der Waals surface area contributed by atoms with Gasteiger partial charge >= 0.3 is 5.82 Å². The molecule has 0 spiro atoms. The smallest absolute Gasteiger partial charge is 0.363 e. The summed E-state index contributed by atoms with van der Waals surface area (Å²) in [6.45, 7) is 4.85. The average molecular weight is 222 g/mol. The van der Waals surface area contributed by atoms with Crippen LogP contribution in [0.5, 0.6) is 0 Å². The Labute approximate surface area is 93.4 Å². The minimum absolute atomic E-state index is 0.105. The van der Waals surface area contributed by atoms with Crippen LogP contribution in [0.3, 0.4) is 0 Å². The molecule has 1 fully saturated rings. The van der Waals surface area contributed by atoms with Crippen molar-refractivity contribution >= 4 is 11.5 Å². The summed E-state index contributed by atoms with van der Waals surface area (Å²) in [7, 11) is 0. The molecule has 6 heteroatoms. The quantitative estimate of drug-likeness (QED) is 0.591. The summed E-state index contributed by atoms with van der Waals surface area (Å²) in [4.78, 5) is 16.0. The number of aromatic nitrogens is 1. The molecule has 0 amide bonds. The van der Waals surface area contributed by atoms with Crippen LogP contribution < -0.4 is 10.2 Å². The van der Waals surface area contributed by atoms with Gasteiger partial charge in [-0.2, -0.15) is 0 Å². The van der Waals surface area contributed by atoms with Gasteiger partial charge in [0.2, 0.25) is 0 Å². The van der Waals surface area contributed by atoms with E-state index in [1.165, 1.54) is 6.07 Å². The van der Waals surface area contributed by atoms with Crippen molar-refractivity contribution in [3.8, 4) is 0 Å². The van der Waals surface area contributed by atoms with Crippen molar-refractivity contribution in [3.05, 3.63) is 28.4 Å². The maximum absolute atomic E-state index is 10.5. The van der Waals surface area contributed by atoms with E-state index in [0.29, 0.717) is 6.04 Å². The van der Waals surface area contributed by atoms with Crippen molar-refractivity contribution in [2.24, 2.45) is 0 Å². The van der Waals surface area contributed by atoms with Crippen molar-refractivity contribution in [3.63, 3.8) is 0 Å². The van der Waals surface area contributed by atoms with Crippen molar-refractivity contribution in [2.45, 2.75) is 13.0 Å². The van der Waals surface area contributed by atoms with E-state index >= 15 is 0 Å². The summed E-state index contributed by atoms with van der Waals surface area (Å²) in [5.41, 5.74) is 0.943. The third-order valence-corrected chi connectivity index (χ3v) is 2.65. The number of nitro groups is 1. The van der Waals surface area contributed by atoms with Gasteiger partial charge in [0, 0.05) is 31.7 Å². The highest BCUT2D eigenvalue weighted by atomic mass is 16.6. The van der Waals surface area contributed by atoms with Gasteiger partial charge in [-0.25, -0.2) is 0 Å². The van der Waals surface area contributed by atoms with Gasteiger partial charge in [-0.1, -0.05) is 0 Å². The molecule has 1 aromatic rings. The predicted octanol–water partition coefficient (Wildman–Crippen LogP) is 0.788. The normalized spacial score (nSPS) is 20.8. The molecule has 0 aliphatic carbocycles. The first kappa shape index (κ1) is 10.8. The third kappa shape index (κ3) is 2.27. The molecule has 0 bridgehead atoms. The molecule has 0 unspecified atom stereocenters. The first-order chi connectivity index (χ1) is 7.66. The fraction of sp³-hybridized carbons (Fsp3) is 0.500. The molecule has 2 heterocycles. The van der Waals surface area contributed by atoms with E-state index < -0.39 is 4.92 Å². The lowest BCUT2D eigenvalue weighted by Gasteiger charge is -2.32. The maximum Gasteiger partial charge on any atom is 0.363 e. The van der Waals surface area contributed by atoms with Gasteiger partial charge in [-0.3, -0.25) is 0 Å². The molecule has 2 rings (SSSR count). The largest absolute Gasteiger partial charge is 0.366 e. The number of rotatable bonds is 2. The number of hydrogen-bond acceptors (Lipinski definition) is 5. The number of pyridine rings is 1. The number of nitrogens with one attached hydrogen (secondary N) is 1. The highest BCUT2D eigenvalue weighted by Crippen LogP contribution is 2.17. The second-order valence-corrected chi connectivity index (χ2v) is 3.93. The van der Waals surface area contributed by atoms with Gasteiger partial charge in [0.15, 0.2) is 6.20 Å². The SMILES string of the molecule is C[C@H]1CN(c2ccc([N+](=O)[O-])nc2)CCN1. The van der Waals surface area contributed by atoms with Crippen LogP contribution in [-0.2, 0) is 0 Å². The number of anilines is 1. The van der Waals surface area contributed by atoms with Crippen molar-refractivity contribution < 1.29 is 4.92 Å². The van der Waals surface area contributed by atoms with E-state index in [4.69, 9.17) is 0 Å². The lowest BCUT2D eigenvalue weighted by molar-refractivity contribution is -0.389. The topological polar surface area (TPSA) is 71.3 Å². The number of piperazine rings is 1. The van der Waals surface area contributed by atoms with Crippen LogP contribution in [0.15, 0.2) is 18.3 Å². The molecule has 16 heavy (non-hydrogen) atoms. The van der Waals surface area contributed by atoms with Gasteiger partial charge in [-0.05, 0) is 22.9 Å². The van der Waals surface area contributed by atoms with Gasteiger partial charge in [-0.15, -0.1) is 0 Å². The van der Waals surface area contributed by atoms with E-state index in [-0.39, 0.29) is 5.82 Å². The molecular formula is C10H14N4O2. The zero-order valence-electron chi connectivity index (χ0n) is 9.09. The van der Waals surface area contributed by atoms with Crippen LogP contribution in [0, 0.1) is 10.1 Å². The van der Waals surface area contributed by atoms with Gasteiger partial charge < -0.3 is 20.3 Å². The molecule has 6 nitrogen and oxygen atoms in total. The van der Waals surface area contributed by atoms with Crippen LogP contribution in [0.4, 0.5) is 11.5 Å². The highest BCUT2D eigenvalue weighted by Gasteiger charge is 2.17. The zero-order chi connectivity index (χ0) is 11.5. The van der Waals surface area contributed by atoms with E-state index in [0.717, 1.165) is 25.3 Å². The van der Waals surface area contributed by atoms with E-state index in [9.17, 15) is 10.1 Å². The molecular weight excluding hydrogens is 208 g/mol. The average Bonchev–Trinajstić information content (AvgIpc) is 2.29. The molecule has 1 aliphatic rings. The molecule has 0 radical (unpaired) electrons. The van der Waals surface area contributed by atoms with Gasteiger partial charge in [0.05, 0.1) is 5.69 Å². The minimum Gasteiger partial charge on any atom is -0.366 e. The fourth-order valence-corrected chi connectivity index (χ4v) is 1.84. The minimum atomic E-state index is -0.482. The van der Waals surface area contributed by atoms with Crippen molar-refractivity contribution in [1.82, 2.24) is 10.3 Å². The van der Waals surface area contributed by atoms with E-state index in [1.807, 2.05) is 0 Å². The summed E-state index contributed by atoms with van der Waals surface area (Å²) in [6, 6.07) is 3.63. The highest BCUT2D eigenvalue weighted by molar-refractivity contribution is 5.47. The van der Waals surface area contributed by atoms with Gasteiger partial charge in [0.1, 0.15) is 0 Å². The Hall–Kier alpha value is -1.69. The fourth-order valence-electron chi connectivity index (χ4n) is 1.84. The molecule has 1 aliphatic heterocycles. The Morgan fingerprint density at radius 3 is 3.00 bits per heavy atom. The van der Waals surface area contributed by atoms with Crippen LogP contribution in [0.25, 0.3) is 0 Å². The first-order valence-electron chi connectivity index (χ1n) is 5.25. The van der Waals surface area contributed by atoms with E-state index in [2.05, 4.69) is 22.1 Å². The van der Waals surface area contributed by atoms with Gasteiger partial charge in [0.25, 0.3) is 0 Å². The predicted molar refractivity (Wildman–Crippen MR) is 60.6 cm³/mol.